The van der Waals surface area contributed by atoms with Gasteiger partial charge in [-0.3, -0.25) is 4.79 Å². The van der Waals surface area contributed by atoms with Gasteiger partial charge in [0.05, 0.1) is 6.42 Å². The molecule has 0 amide bonds. The second kappa shape index (κ2) is 6.09. The fourth-order valence-corrected chi connectivity index (χ4v) is 3.29. The van der Waals surface area contributed by atoms with Gasteiger partial charge < -0.3 is 10.0 Å². The highest BCUT2D eigenvalue weighted by atomic mass is 32.1. The number of thiophene rings is 1. The topological polar surface area (TPSA) is 40.5 Å². The van der Waals surface area contributed by atoms with Crippen molar-refractivity contribution in [3.63, 3.8) is 0 Å². The van der Waals surface area contributed by atoms with E-state index in [1.807, 2.05) is 39.2 Å². The van der Waals surface area contributed by atoms with E-state index in [0.717, 1.165) is 4.88 Å². The highest BCUT2D eigenvalue weighted by Gasteiger charge is 2.14. The van der Waals surface area contributed by atoms with Crippen molar-refractivity contribution in [1.82, 2.24) is 0 Å². The van der Waals surface area contributed by atoms with Crippen LogP contribution in [0.4, 0.5) is 5.69 Å². The number of anilines is 1. The Kier molecular flexibility index (Phi) is 4.45. The number of aliphatic carboxylic acids is 1. The molecule has 20 heavy (non-hydrogen) atoms. The summed E-state index contributed by atoms with van der Waals surface area (Å²) in [4.78, 5) is 15.2. The molecule has 106 valence electrons. The Labute approximate surface area is 123 Å². The van der Waals surface area contributed by atoms with E-state index in [0.29, 0.717) is 0 Å². The SMILES string of the molecule is CC(CC(=O)O)c1ccc(-c2ccccc2N(C)C)s1. The molecule has 0 aliphatic carbocycles. The van der Waals surface area contributed by atoms with Gasteiger partial charge in [0.2, 0.25) is 0 Å². The maximum atomic E-state index is 10.8. The third-order valence-electron chi connectivity index (χ3n) is 3.24. The normalized spacial score (nSPS) is 12.2. The minimum Gasteiger partial charge on any atom is -0.481 e. The van der Waals surface area contributed by atoms with Gasteiger partial charge in [0.1, 0.15) is 0 Å². The highest BCUT2D eigenvalue weighted by molar-refractivity contribution is 7.15. The first-order chi connectivity index (χ1) is 9.49. The molecule has 0 saturated carbocycles. The van der Waals surface area contributed by atoms with Crippen molar-refractivity contribution in [2.45, 2.75) is 19.3 Å². The average Bonchev–Trinajstić information content (AvgIpc) is 2.87. The van der Waals surface area contributed by atoms with Crippen LogP contribution in [0, 0.1) is 0 Å². The van der Waals surface area contributed by atoms with Crippen molar-refractivity contribution in [3.8, 4) is 10.4 Å². The van der Waals surface area contributed by atoms with Gasteiger partial charge in [0.15, 0.2) is 0 Å². The maximum Gasteiger partial charge on any atom is 0.303 e. The Balaban J connectivity index is 2.31. The highest BCUT2D eigenvalue weighted by Crippen LogP contribution is 2.37. The summed E-state index contributed by atoms with van der Waals surface area (Å²) in [5, 5.41) is 8.88. The summed E-state index contributed by atoms with van der Waals surface area (Å²) >= 11 is 1.68. The van der Waals surface area contributed by atoms with Gasteiger partial charge in [0, 0.05) is 41.0 Å². The maximum absolute atomic E-state index is 10.8. The Morgan fingerprint density at radius 1 is 1.25 bits per heavy atom. The molecule has 4 heteroatoms. The summed E-state index contributed by atoms with van der Waals surface area (Å²) in [6.07, 6.45) is 0.176. The second-order valence-electron chi connectivity index (χ2n) is 5.11. The number of carboxylic acids is 1. The largest absolute Gasteiger partial charge is 0.481 e. The summed E-state index contributed by atoms with van der Waals surface area (Å²) in [5.41, 5.74) is 2.36. The number of nitrogens with zero attached hydrogens (tertiary/aromatic N) is 1. The zero-order chi connectivity index (χ0) is 14.7. The van der Waals surface area contributed by atoms with Crippen molar-refractivity contribution >= 4 is 23.0 Å². The zero-order valence-electron chi connectivity index (χ0n) is 12.0. The van der Waals surface area contributed by atoms with E-state index in [-0.39, 0.29) is 12.3 Å². The molecule has 1 aromatic carbocycles. The van der Waals surface area contributed by atoms with E-state index in [2.05, 4.69) is 23.1 Å². The third kappa shape index (κ3) is 3.20. The molecule has 0 bridgehead atoms. The van der Waals surface area contributed by atoms with Crippen molar-refractivity contribution in [2.75, 3.05) is 19.0 Å². The molecule has 0 aliphatic rings. The van der Waals surface area contributed by atoms with Crippen molar-refractivity contribution in [1.29, 1.82) is 0 Å². The van der Waals surface area contributed by atoms with Crippen LogP contribution in [0.15, 0.2) is 36.4 Å². The first kappa shape index (κ1) is 14.6. The number of hydrogen-bond acceptors (Lipinski definition) is 3. The van der Waals surface area contributed by atoms with Crippen LogP contribution in [0.2, 0.25) is 0 Å². The Morgan fingerprint density at radius 2 is 1.95 bits per heavy atom. The standard InChI is InChI=1S/C16H19NO2S/c1-11(10-16(18)19)14-8-9-15(20-14)12-6-4-5-7-13(12)17(2)3/h4-9,11H,10H2,1-3H3,(H,18,19). The van der Waals surface area contributed by atoms with Gasteiger partial charge in [0.25, 0.3) is 0 Å². The van der Waals surface area contributed by atoms with E-state index >= 15 is 0 Å². The summed E-state index contributed by atoms with van der Waals surface area (Å²) in [7, 11) is 4.06. The molecular formula is C16H19NO2S. The summed E-state index contributed by atoms with van der Waals surface area (Å²) in [5.74, 6) is -0.695. The Hall–Kier alpha value is -1.81. The van der Waals surface area contributed by atoms with Crippen LogP contribution in [-0.2, 0) is 4.79 Å². The number of rotatable bonds is 5. The predicted molar refractivity (Wildman–Crippen MR) is 84.7 cm³/mol. The van der Waals surface area contributed by atoms with Crippen LogP contribution < -0.4 is 4.90 Å². The van der Waals surface area contributed by atoms with Crippen molar-refractivity contribution < 1.29 is 9.90 Å². The molecule has 1 aromatic heterocycles. The lowest BCUT2D eigenvalue weighted by molar-refractivity contribution is -0.137. The molecule has 0 aliphatic heterocycles. The first-order valence-electron chi connectivity index (χ1n) is 6.57. The fourth-order valence-electron chi connectivity index (χ4n) is 2.20. The average molecular weight is 289 g/mol. The molecule has 3 nitrogen and oxygen atoms in total. The summed E-state index contributed by atoms with van der Waals surface area (Å²) < 4.78 is 0. The van der Waals surface area contributed by atoms with Crippen LogP contribution in [0.3, 0.4) is 0 Å². The molecule has 1 N–H and O–H groups in total. The van der Waals surface area contributed by atoms with Crippen LogP contribution in [-0.4, -0.2) is 25.2 Å². The summed E-state index contributed by atoms with van der Waals surface area (Å²) in [6, 6.07) is 12.4. The zero-order valence-corrected chi connectivity index (χ0v) is 12.8. The van der Waals surface area contributed by atoms with Crippen LogP contribution in [0.5, 0.6) is 0 Å². The Bertz CT molecular complexity index is 604. The molecule has 2 aromatic rings. The minimum absolute atomic E-state index is 0.0535. The number of benzene rings is 1. The summed E-state index contributed by atoms with van der Waals surface area (Å²) in [6.45, 7) is 1.96. The monoisotopic (exact) mass is 289 g/mol. The van der Waals surface area contributed by atoms with Crippen LogP contribution >= 0.6 is 11.3 Å². The molecule has 0 saturated heterocycles. The lowest BCUT2D eigenvalue weighted by Crippen LogP contribution is -2.09. The van der Waals surface area contributed by atoms with Crippen LogP contribution in [0.1, 0.15) is 24.1 Å². The van der Waals surface area contributed by atoms with Gasteiger partial charge in [-0.25, -0.2) is 0 Å². The van der Waals surface area contributed by atoms with Gasteiger partial charge in [-0.05, 0) is 18.2 Å². The van der Waals surface area contributed by atoms with E-state index < -0.39 is 5.97 Å². The quantitative estimate of drug-likeness (QED) is 0.902. The number of carboxylic acid groups (broad SMARTS) is 1. The lowest BCUT2D eigenvalue weighted by atomic mass is 10.1. The molecule has 1 heterocycles. The van der Waals surface area contributed by atoms with E-state index in [1.54, 1.807) is 11.3 Å². The number of para-hydroxylation sites is 1. The van der Waals surface area contributed by atoms with E-state index in [1.165, 1.54) is 16.1 Å². The van der Waals surface area contributed by atoms with Gasteiger partial charge in [-0.2, -0.15) is 0 Å². The van der Waals surface area contributed by atoms with Gasteiger partial charge in [-0.1, -0.05) is 25.1 Å². The molecule has 1 atom stereocenters. The fraction of sp³-hybridized carbons (Fsp3) is 0.312. The molecule has 2 rings (SSSR count). The number of hydrogen-bond donors (Lipinski definition) is 1. The molecule has 1 unspecified atom stereocenters. The lowest BCUT2D eigenvalue weighted by Gasteiger charge is -2.16. The van der Waals surface area contributed by atoms with E-state index in [9.17, 15) is 4.79 Å². The predicted octanol–water partition coefficient (Wildman–Crippen LogP) is 4.06. The van der Waals surface area contributed by atoms with E-state index in [4.69, 9.17) is 5.11 Å². The van der Waals surface area contributed by atoms with Crippen LogP contribution in [0.25, 0.3) is 10.4 Å². The molecule has 0 fully saturated rings. The van der Waals surface area contributed by atoms with Crippen molar-refractivity contribution in [3.05, 3.63) is 41.3 Å². The molecular weight excluding hydrogens is 270 g/mol. The Morgan fingerprint density at radius 3 is 2.60 bits per heavy atom. The van der Waals surface area contributed by atoms with Gasteiger partial charge in [-0.15, -0.1) is 11.3 Å². The second-order valence-corrected chi connectivity index (χ2v) is 6.23. The van der Waals surface area contributed by atoms with Crippen molar-refractivity contribution in [2.24, 2.45) is 0 Å². The first-order valence-corrected chi connectivity index (χ1v) is 7.39. The molecule has 0 spiro atoms. The number of carbonyl (C=O) groups is 1. The van der Waals surface area contributed by atoms with Gasteiger partial charge >= 0.3 is 5.97 Å². The smallest absolute Gasteiger partial charge is 0.303 e. The minimum atomic E-state index is -0.749. The third-order valence-corrected chi connectivity index (χ3v) is 4.59. The molecule has 0 radical (unpaired) electrons.